The molecule has 2 aromatic rings. The number of carbonyl (C=O) groups excluding carboxylic acids is 1. The first-order valence-electron chi connectivity index (χ1n) is 6.91. The molecule has 0 unspecified atom stereocenters. The van der Waals surface area contributed by atoms with Gasteiger partial charge in [-0.2, -0.15) is 10.2 Å². The van der Waals surface area contributed by atoms with Gasteiger partial charge in [0.15, 0.2) is 0 Å². The molecule has 126 valence electrons. The number of ether oxygens (including phenoxy) is 1. The van der Waals surface area contributed by atoms with Gasteiger partial charge in [0, 0.05) is 24.8 Å². The molecule has 0 aliphatic heterocycles. The Kier molecular flexibility index (Phi) is 6.78. The third-order valence-electron chi connectivity index (χ3n) is 2.32. The Labute approximate surface area is 133 Å². The van der Waals surface area contributed by atoms with Crippen molar-refractivity contribution in [2.45, 2.75) is 39.0 Å². The number of carboxylic acid groups (broad SMARTS) is 1. The van der Waals surface area contributed by atoms with Crippen LogP contribution in [0.5, 0.6) is 0 Å². The van der Waals surface area contributed by atoms with Crippen LogP contribution in [0.4, 0.5) is 4.79 Å². The molecule has 2 heterocycles. The topological polar surface area (TPSA) is 122 Å². The lowest BCUT2D eigenvalue weighted by Gasteiger charge is -2.21. The Morgan fingerprint density at radius 1 is 1.35 bits per heavy atom. The smallest absolute Gasteiger partial charge is 0.408 e. The lowest BCUT2D eigenvalue weighted by molar-refractivity contribution is -0.139. The fourth-order valence-electron chi connectivity index (χ4n) is 1.45. The van der Waals surface area contributed by atoms with Crippen LogP contribution in [0.15, 0.2) is 36.9 Å². The molecule has 1 atom stereocenters. The lowest BCUT2D eigenvalue weighted by Crippen LogP contribution is -2.45. The number of carbonyl (C=O) groups is 2. The summed E-state index contributed by atoms with van der Waals surface area (Å²) in [6.45, 7) is 5.16. The fraction of sp³-hybridized carbons (Fsp3) is 0.429. The van der Waals surface area contributed by atoms with Crippen LogP contribution in [-0.4, -0.2) is 48.8 Å². The maximum absolute atomic E-state index is 11.5. The third kappa shape index (κ3) is 8.24. The molecule has 23 heavy (non-hydrogen) atoms. The molecule has 0 saturated carbocycles. The molecule has 0 aliphatic carbocycles. The van der Waals surface area contributed by atoms with E-state index in [1.165, 1.54) is 10.9 Å². The number of aromatic nitrogens is 4. The normalized spacial score (nSPS) is 11.8. The molecule has 0 bridgehead atoms. The molecule has 9 nitrogen and oxygen atoms in total. The molecule has 0 saturated heterocycles. The van der Waals surface area contributed by atoms with Crippen molar-refractivity contribution in [3.05, 3.63) is 36.9 Å². The largest absolute Gasteiger partial charge is 0.480 e. The second-order valence-electron chi connectivity index (χ2n) is 5.53. The summed E-state index contributed by atoms with van der Waals surface area (Å²) in [5.74, 6) is -1.14. The number of carboxylic acids is 1. The molecule has 9 heteroatoms. The summed E-state index contributed by atoms with van der Waals surface area (Å²) < 4.78 is 6.42. The van der Waals surface area contributed by atoms with Crippen LogP contribution >= 0.6 is 0 Å². The van der Waals surface area contributed by atoms with Gasteiger partial charge in [0.2, 0.25) is 0 Å². The zero-order chi connectivity index (χ0) is 17.3. The molecule has 3 N–H and O–H groups in total. The van der Waals surface area contributed by atoms with E-state index in [2.05, 4.69) is 20.6 Å². The summed E-state index contributed by atoms with van der Waals surface area (Å²) >= 11 is 0. The number of hydrogen-bond acceptors (Lipinski definition) is 5. The van der Waals surface area contributed by atoms with Crippen molar-refractivity contribution in [3.63, 3.8) is 0 Å². The molecule has 1 amide bonds. The Hall–Kier alpha value is -2.84. The quantitative estimate of drug-likeness (QED) is 0.779. The van der Waals surface area contributed by atoms with Crippen molar-refractivity contribution in [2.24, 2.45) is 0 Å². The predicted octanol–water partition coefficient (Wildman–Crippen LogP) is 1.27. The molecule has 0 fully saturated rings. The van der Waals surface area contributed by atoms with Gasteiger partial charge >= 0.3 is 12.1 Å². The summed E-state index contributed by atoms with van der Waals surface area (Å²) in [4.78, 5) is 22.5. The molecule has 0 aliphatic rings. The first-order chi connectivity index (χ1) is 10.8. The SMILES string of the molecule is CC(C)(C)OC(=O)N[C@H](Cn1cccn1)C(=O)O.c1cn[nH]c1. The van der Waals surface area contributed by atoms with Crippen molar-refractivity contribution in [1.82, 2.24) is 25.3 Å². The Balaban J connectivity index is 0.000000446. The van der Waals surface area contributed by atoms with E-state index in [1.54, 1.807) is 45.4 Å². The van der Waals surface area contributed by atoms with Crippen molar-refractivity contribution in [1.29, 1.82) is 0 Å². The second kappa shape index (κ2) is 8.57. The average molecular weight is 323 g/mol. The minimum absolute atomic E-state index is 0.0432. The predicted molar refractivity (Wildman–Crippen MR) is 81.6 cm³/mol. The van der Waals surface area contributed by atoms with Crippen molar-refractivity contribution in [2.75, 3.05) is 0 Å². The van der Waals surface area contributed by atoms with Crippen molar-refractivity contribution in [3.8, 4) is 0 Å². The number of alkyl carbamates (subject to hydrolysis) is 1. The van der Waals surface area contributed by atoms with Crippen LogP contribution in [0.3, 0.4) is 0 Å². The van der Waals surface area contributed by atoms with E-state index in [-0.39, 0.29) is 6.54 Å². The number of hydrogen-bond donors (Lipinski definition) is 3. The molecular weight excluding hydrogens is 302 g/mol. The Morgan fingerprint density at radius 2 is 2.09 bits per heavy atom. The van der Waals surface area contributed by atoms with Gasteiger partial charge in [0.25, 0.3) is 0 Å². The number of aliphatic carboxylic acids is 1. The lowest BCUT2D eigenvalue weighted by atomic mass is 10.2. The van der Waals surface area contributed by atoms with Gasteiger partial charge < -0.3 is 15.2 Å². The summed E-state index contributed by atoms with van der Waals surface area (Å²) in [6, 6.07) is 2.42. The van der Waals surface area contributed by atoms with Gasteiger partial charge in [-0.25, -0.2) is 9.59 Å². The van der Waals surface area contributed by atoms with E-state index in [0.717, 1.165) is 0 Å². The number of rotatable bonds is 4. The van der Waals surface area contributed by atoms with Crippen LogP contribution in [0.1, 0.15) is 20.8 Å². The maximum atomic E-state index is 11.5. The number of nitrogens with one attached hydrogen (secondary N) is 2. The van der Waals surface area contributed by atoms with E-state index < -0.39 is 23.7 Å². The van der Waals surface area contributed by atoms with Gasteiger partial charge in [-0.3, -0.25) is 9.78 Å². The summed E-state index contributed by atoms with van der Waals surface area (Å²) in [7, 11) is 0. The van der Waals surface area contributed by atoms with Crippen molar-refractivity contribution >= 4 is 12.1 Å². The van der Waals surface area contributed by atoms with Gasteiger partial charge in [0.05, 0.1) is 6.54 Å². The van der Waals surface area contributed by atoms with Crippen LogP contribution < -0.4 is 5.32 Å². The monoisotopic (exact) mass is 323 g/mol. The van der Waals surface area contributed by atoms with Gasteiger partial charge in [-0.05, 0) is 32.9 Å². The summed E-state index contributed by atoms with van der Waals surface area (Å²) in [6.07, 6.45) is 5.85. The highest BCUT2D eigenvalue weighted by Gasteiger charge is 2.24. The van der Waals surface area contributed by atoms with E-state index in [4.69, 9.17) is 9.84 Å². The standard InChI is InChI=1S/C11H17N3O4.C3H4N2/c1-11(2,3)18-10(17)13-8(9(15)16)7-14-6-4-5-12-14;1-2-4-5-3-1/h4-6,8H,7H2,1-3H3,(H,13,17)(H,15,16);1-3H,(H,4,5)/t8-;/m1./s1. The molecule has 0 radical (unpaired) electrons. The minimum atomic E-state index is -1.14. The van der Waals surface area contributed by atoms with Crippen LogP contribution in [0.2, 0.25) is 0 Å². The summed E-state index contributed by atoms with van der Waals surface area (Å²) in [5, 5.41) is 21.4. The third-order valence-corrected chi connectivity index (χ3v) is 2.32. The molecule has 2 aromatic heterocycles. The molecule has 2 rings (SSSR count). The van der Waals surface area contributed by atoms with Crippen LogP contribution in [0.25, 0.3) is 0 Å². The first-order valence-corrected chi connectivity index (χ1v) is 6.91. The number of H-pyrrole nitrogens is 1. The highest BCUT2D eigenvalue weighted by Crippen LogP contribution is 2.07. The van der Waals surface area contributed by atoms with E-state index in [9.17, 15) is 9.59 Å². The molecule has 0 aromatic carbocycles. The van der Waals surface area contributed by atoms with Gasteiger partial charge in [-0.15, -0.1) is 0 Å². The summed E-state index contributed by atoms with van der Waals surface area (Å²) in [5.41, 5.74) is -0.668. The number of aromatic amines is 1. The number of nitrogens with zero attached hydrogens (tertiary/aromatic N) is 3. The van der Waals surface area contributed by atoms with E-state index in [0.29, 0.717) is 0 Å². The van der Waals surface area contributed by atoms with Gasteiger partial charge in [-0.1, -0.05) is 0 Å². The van der Waals surface area contributed by atoms with E-state index >= 15 is 0 Å². The highest BCUT2D eigenvalue weighted by molar-refractivity contribution is 5.79. The fourth-order valence-corrected chi connectivity index (χ4v) is 1.45. The molecule has 0 spiro atoms. The minimum Gasteiger partial charge on any atom is -0.480 e. The zero-order valence-electron chi connectivity index (χ0n) is 13.3. The second-order valence-corrected chi connectivity index (χ2v) is 5.53. The average Bonchev–Trinajstić information content (AvgIpc) is 3.11. The van der Waals surface area contributed by atoms with Crippen LogP contribution in [-0.2, 0) is 16.1 Å². The molecular formula is C14H21N5O4. The van der Waals surface area contributed by atoms with Crippen molar-refractivity contribution < 1.29 is 19.4 Å². The van der Waals surface area contributed by atoms with E-state index in [1.807, 2.05) is 6.07 Å². The van der Waals surface area contributed by atoms with Gasteiger partial charge in [0.1, 0.15) is 11.6 Å². The van der Waals surface area contributed by atoms with Crippen LogP contribution in [0, 0.1) is 0 Å². The number of amides is 1. The maximum Gasteiger partial charge on any atom is 0.408 e. The first kappa shape index (κ1) is 18.2. The Bertz CT molecular complexity index is 558. The zero-order valence-corrected chi connectivity index (χ0v) is 13.3. The Morgan fingerprint density at radius 3 is 2.48 bits per heavy atom. The highest BCUT2D eigenvalue weighted by atomic mass is 16.6.